The molecule has 0 saturated carbocycles. The predicted octanol–water partition coefficient (Wildman–Crippen LogP) is 2.86. The Labute approximate surface area is 117 Å². The molecule has 106 valence electrons. The fourth-order valence-corrected chi connectivity index (χ4v) is 2.51. The van der Waals surface area contributed by atoms with Crippen LogP contribution in [0.5, 0.6) is 0 Å². The maximum absolute atomic E-state index is 12.3. The molecule has 2 rings (SSSR count). The van der Waals surface area contributed by atoms with Crippen LogP contribution >= 0.6 is 0 Å². The molecule has 0 aromatic heterocycles. The Bertz CT molecular complexity index is 500. The van der Waals surface area contributed by atoms with Gasteiger partial charge in [-0.25, -0.2) is 0 Å². The average molecular weight is 274 g/mol. The number of azide groups is 1. The van der Waals surface area contributed by atoms with Crippen LogP contribution in [-0.2, 0) is 0 Å². The largest absolute Gasteiger partial charge is 0.396 e. The number of amides is 1. The Kier molecular flexibility index (Phi) is 4.98. The highest BCUT2D eigenvalue weighted by molar-refractivity contribution is 5.94. The number of hydrogen-bond donors (Lipinski definition) is 1. The molecule has 0 spiro atoms. The quantitative estimate of drug-likeness (QED) is 0.519. The minimum atomic E-state index is 0.0138. The van der Waals surface area contributed by atoms with Gasteiger partial charge in [-0.3, -0.25) is 4.79 Å². The molecule has 1 N–H and O–H groups in total. The molecule has 1 aliphatic heterocycles. The van der Waals surface area contributed by atoms with Gasteiger partial charge in [0.2, 0.25) is 0 Å². The summed E-state index contributed by atoms with van der Waals surface area (Å²) in [4.78, 5) is 16.9. The lowest BCUT2D eigenvalue weighted by Gasteiger charge is -2.31. The molecule has 6 heteroatoms. The van der Waals surface area contributed by atoms with E-state index in [2.05, 4.69) is 10.0 Å². The van der Waals surface area contributed by atoms with Gasteiger partial charge in [0.1, 0.15) is 0 Å². The molecule has 1 aromatic carbocycles. The summed E-state index contributed by atoms with van der Waals surface area (Å²) in [6.07, 6.45) is 2.72. The van der Waals surface area contributed by atoms with Crippen LogP contribution in [-0.4, -0.2) is 35.6 Å². The van der Waals surface area contributed by atoms with Crippen LogP contribution in [0, 0.1) is 5.92 Å². The molecular weight excluding hydrogens is 256 g/mol. The number of piperidine rings is 1. The van der Waals surface area contributed by atoms with Crippen LogP contribution in [0.4, 0.5) is 5.69 Å². The smallest absolute Gasteiger partial charge is 0.253 e. The number of aliphatic hydroxyl groups excluding tert-OH is 1. The highest BCUT2D eigenvalue weighted by Gasteiger charge is 2.23. The van der Waals surface area contributed by atoms with Gasteiger partial charge in [-0.15, -0.1) is 0 Å². The molecule has 1 amide bonds. The van der Waals surface area contributed by atoms with Crippen molar-refractivity contribution in [1.29, 1.82) is 0 Å². The second-order valence-electron chi connectivity index (χ2n) is 4.98. The molecule has 1 saturated heterocycles. The summed E-state index contributed by atoms with van der Waals surface area (Å²) in [6.45, 7) is 1.70. The maximum atomic E-state index is 12.3. The number of likely N-dealkylation sites (tertiary alicyclic amines) is 1. The average Bonchev–Trinajstić information content (AvgIpc) is 2.49. The van der Waals surface area contributed by atoms with E-state index in [4.69, 9.17) is 10.6 Å². The van der Waals surface area contributed by atoms with E-state index in [0.29, 0.717) is 17.2 Å². The highest BCUT2D eigenvalue weighted by Crippen LogP contribution is 2.22. The van der Waals surface area contributed by atoms with Crippen LogP contribution in [0.2, 0.25) is 0 Å². The minimum Gasteiger partial charge on any atom is -0.396 e. The first kappa shape index (κ1) is 14.4. The van der Waals surface area contributed by atoms with E-state index < -0.39 is 0 Å². The van der Waals surface area contributed by atoms with Crippen molar-refractivity contribution in [3.8, 4) is 0 Å². The third-order valence-electron chi connectivity index (χ3n) is 3.71. The molecule has 6 nitrogen and oxygen atoms in total. The Balaban J connectivity index is 1.96. The van der Waals surface area contributed by atoms with Crippen LogP contribution in [0.3, 0.4) is 0 Å². The monoisotopic (exact) mass is 274 g/mol. The van der Waals surface area contributed by atoms with E-state index >= 15 is 0 Å². The lowest BCUT2D eigenvalue weighted by Crippen LogP contribution is -2.38. The maximum Gasteiger partial charge on any atom is 0.253 e. The molecule has 0 aliphatic carbocycles. The molecule has 1 fully saturated rings. The van der Waals surface area contributed by atoms with Crippen LogP contribution in [0.15, 0.2) is 29.4 Å². The van der Waals surface area contributed by atoms with Gasteiger partial charge in [-0.2, -0.15) is 0 Å². The second-order valence-corrected chi connectivity index (χ2v) is 4.98. The van der Waals surface area contributed by atoms with Crippen molar-refractivity contribution in [2.24, 2.45) is 11.0 Å². The van der Waals surface area contributed by atoms with Crippen molar-refractivity contribution < 1.29 is 9.90 Å². The van der Waals surface area contributed by atoms with Crippen LogP contribution in [0.1, 0.15) is 29.6 Å². The molecule has 0 unspecified atom stereocenters. The van der Waals surface area contributed by atoms with E-state index in [0.717, 1.165) is 32.4 Å². The Morgan fingerprint density at radius 3 is 2.55 bits per heavy atom. The van der Waals surface area contributed by atoms with Crippen molar-refractivity contribution >= 4 is 11.6 Å². The van der Waals surface area contributed by atoms with Gasteiger partial charge < -0.3 is 10.0 Å². The summed E-state index contributed by atoms with van der Waals surface area (Å²) >= 11 is 0. The number of hydrogen-bond acceptors (Lipinski definition) is 3. The number of nitrogens with zero attached hydrogens (tertiary/aromatic N) is 4. The van der Waals surface area contributed by atoms with Gasteiger partial charge in [0, 0.05) is 35.9 Å². The predicted molar refractivity (Wildman–Crippen MR) is 75.6 cm³/mol. The summed E-state index contributed by atoms with van der Waals surface area (Å²) in [5, 5.41) is 12.4. The molecule has 0 radical (unpaired) electrons. The van der Waals surface area contributed by atoms with E-state index in [9.17, 15) is 4.79 Å². The molecule has 0 bridgehead atoms. The van der Waals surface area contributed by atoms with Crippen LogP contribution in [0.25, 0.3) is 10.4 Å². The highest BCUT2D eigenvalue weighted by atomic mass is 16.3. The van der Waals surface area contributed by atoms with Gasteiger partial charge in [0.15, 0.2) is 0 Å². The van der Waals surface area contributed by atoms with Gasteiger partial charge in [-0.05, 0) is 42.8 Å². The molecular formula is C14H18N4O2. The molecule has 0 atom stereocenters. The molecule has 1 aromatic rings. The summed E-state index contributed by atoms with van der Waals surface area (Å²) in [6, 6.07) is 6.66. The van der Waals surface area contributed by atoms with E-state index in [-0.39, 0.29) is 12.5 Å². The van der Waals surface area contributed by atoms with E-state index in [1.165, 1.54) is 0 Å². The first-order valence-corrected chi connectivity index (χ1v) is 6.80. The number of rotatable bonds is 4. The van der Waals surface area contributed by atoms with Crippen molar-refractivity contribution in [3.05, 3.63) is 40.3 Å². The molecule has 20 heavy (non-hydrogen) atoms. The first-order chi connectivity index (χ1) is 9.74. The third-order valence-corrected chi connectivity index (χ3v) is 3.71. The number of carbonyl (C=O) groups is 1. The Morgan fingerprint density at radius 2 is 2.00 bits per heavy atom. The normalized spacial score (nSPS) is 15.8. The van der Waals surface area contributed by atoms with Crippen molar-refractivity contribution in [2.75, 3.05) is 19.7 Å². The molecule has 1 aliphatic rings. The van der Waals surface area contributed by atoms with Crippen LogP contribution < -0.4 is 0 Å². The molecule has 1 heterocycles. The minimum absolute atomic E-state index is 0.0138. The SMILES string of the molecule is [N-]=[N+]=Nc1ccc(C(=O)N2CCC(CCO)CC2)cc1. The lowest BCUT2D eigenvalue weighted by atomic mass is 9.93. The van der Waals surface area contributed by atoms with Crippen molar-refractivity contribution in [3.63, 3.8) is 0 Å². The van der Waals surface area contributed by atoms with E-state index in [1.807, 2.05) is 4.90 Å². The number of aliphatic hydroxyl groups is 1. The number of carbonyl (C=O) groups excluding carboxylic acids is 1. The number of benzene rings is 1. The van der Waals surface area contributed by atoms with Gasteiger partial charge in [0.05, 0.1) is 0 Å². The summed E-state index contributed by atoms with van der Waals surface area (Å²) in [5.74, 6) is 0.538. The topological polar surface area (TPSA) is 89.3 Å². The summed E-state index contributed by atoms with van der Waals surface area (Å²) in [5.41, 5.74) is 9.45. The summed E-state index contributed by atoms with van der Waals surface area (Å²) < 4.78 is 0. The Hall–Kier alpha value is -2.04. The Morgan fingerprint density at radius 1 is 1.35 bits per heavy atom. The zero-order valence-electron chi connectivity index (χ0n) is 11.3. The zero-order valence-corrected chi connectivity index (χ0v) is 11.3. The van der Waals surface area contributed by atoms with Crippen molar-refractivity contribution in [2.45, 2.75) is 19.3 Å². The fraction of sp³-hybridized carbons (Fsp3) is 0.500. The van der Waals surface area contributed by atoms with E-state index in [1.54, 1.807) is 24.3 Å². The van der Waals surface area contributed by atoms with Gasteiger partial charge in [0.25, 0.3) is 5.91 Å². The first-order valence-electron chi connectivity index (χ1n) is 6.80. The third kappa shape index (κ3) is 3.50. The zero-order chi connectivity index (χ0) is 14.4. The summed E-state index contributed by atoms with van der Waals surface area (Å²) in [7, 11) is 0. The van der Waals surface area contributed by atoms with Gasteiger partial charge >= 0.3 is 0 Å². The second kappa shape index (κ2) is 6.93. The fourth-order valence-electron chi connectivity index (χ4n) is 2.51. The van der Waals surface area contributed by atoms with Crippen molar-refractivity contribution in [1.82, 2.24) is 4.90 Å². The van der Waals surface area contributed by atoms with Gasteiger partial charge in [-0.1, -0.05) is 17.2 Å². The lowest BCUT2D eigenvalue weighted by molar-refractivity contribution is 0.0678. The standard InChI is InChI=1S/C14H18N4O2/c15-17-16-13-3-1-12(2-4-13)14(20)18-8-5-11(6-9-18)7-10-19/h1-4,11,19H,5-10H2.